The first kappa shape index (κ1) is 11.4. The number of hydrogen-bond acceptors (Lipinski definition) is 5. The quantitative estimate of drug-likeness (QED) is 0.579. The summed E-state index contributed by atoms with van der Waals surface area (Å²) in [6.07, 6.45) is 0. The Kier molecular flexibility index (Phi) is 3.16. The molecule has 1 aliphatic rings. The molecule has 2 rings (SSSR count). The molecule has 0 spiro atoms. The van der Waals surface area contributed by atoms with Gasteiger partial charge in [-0.15, -0.1) is 0 Å². The van der Waals surface area contributed by atoms with Crippen LogP contribution in [-0.4, -0.2) is 28.9 Å². The lowest BCUT2D eigenvalue weighted by atomic mass is 10.1. The zero-order valence-electron chi connectivity index (χ0n) is 9.61. The van der Waals surface area contributed by atoms with E-state index in [1.807, 2.05) is 11.2 Å². The van der Waals surface area contributed by atoms with E-state index in [1.165, 1.54) is 30.2 Å². The number of carbonyl (C=O) groups is 1. The summed E-state index contributed by atoms with van der Waals surface area (Å²) in [6.45, 7) is 5.12. The van der Waals surface area contributed by atoms with Gasteiger partial charge >= 0.3 is 5.97 Å². The van der Waals surface area contributed by atoms with Gasteiger partial charge in [-0.25, -0.2) is 9.29 Å². The molecule has 4 nitrogen and oxygen atoms in total. The van der Waals surface area contributed by atoms with Crippen molar-refractivity contribution in [2.75, 3.05) is 13.7 Å². The van der Waals surface area contributed by atoms with Gasteiger partial charge in [0.2, 0.25) is 0 Å². The summed E-state index contributed by atoms with van der Waals surface area (Å²) in [6, 6.07) is 2.07. The monoisotopic (exact) mass is 238 g/mol. The van der Waals surface area contributed by atoms with Crippen molar-refractivity contribution in [3.63, 3.8) is 0 Å². The third kappa shape index (κ3) is 2.20. The molecule has 0 fully saturated rings. The molecule has 16 heavy (non-hydrogen) atoms. The largest absolute Gasteiger partial charge is 0.468 e. The maximum atomic E-state index is 11.2. The van der Waals surface area contributed by atoms with Crippen LogP contribution in [0.2, 0.25) is 0 Å². The number of aryl methyl sites for hydroxylation is 2. The van der Waals surface area contributed by atoms with Crippen LogP contribution in [0.25, 0.3) is 0 Å². The number of pyridine rings is 1. The van der Waals surface area contributed by atoms with E-state index < -0.39 is 0 Å². The van der Waals surface area contributed by atoms with Crippen LogP contribution in [-0.2, 0) is 16.1 Å². The molecule has 1 aliphatic heterocycles. The van der Waals surface area contributed by atoms with E-state index in [4.69, 9.17) is 0 Å². The molecule has 5 heteroatoms. The molecule has 86 valence electrons. The predicted octanol–water partition coefficient (Wildman–Crippen LogP) is 1.69. The predicted molar refractivity (Wildman–Crippen MR) is 62.0 cm³/mol. The van der Waals surface area contributed by atoms with Crippen molar-refractivity contribution >= 4 is 17.9 Å². The van der Waals surface area contributed by atoms with Crippen LogP contribution in [0.1, 0.15) is 16.8 Å². The van der Waals surface area contributed by atoms with E-state index in [1.54, 1.807) is 0 Å². The van der Waals surface area contributed by atoms with Crippen molar-refractivity contribution in [3.8, 4) is 0 Å². The van der Waals surface area contributed by atoms with Crippen molar-refractivity contribution < 1.29 is 9.53 Å². The second-order valence-corrected chi connectivity index (χ2v) is 4.92. The van der Waals surface area contributed by atoms with Crippen molar-refractivity contribution in [1.82, 2.24) is 9.29 Å². The summed E-state index contributed by atoms with van der Waals surface area (Å²) >= 11 is 1.53. The van der Waals surface area contributed by atoms with Gasteiger partial charge < -0.3 is 4.74 Å². The number of hydrogen-bond donors (Lipinski definition) is 0. The number of nitrogens with zero attached hydrogens (tertiary/aromatic N) is 2. The zero-order chi connectivity index (χ0) is 11.7. The minimum absolute atomic E-state index is 0.213. The highest BCUT2D eigenvalue weighted by atomic mass is 32.2. The summed E-state index contributed by atoms with van der Waals surface area (Å²) in [7, 11) is 1.41. The third-order valence-corrected chi connectivity index (χ3v) is 3.55. The highest BCUT2D eigenvalue weighted by Crippen LogP contribution is 2.35. The normalized spacial score (nSPS) is 14.9. The first-order chi connectivity index (χ1) is 7.60. The first-order valence-electron chi connectivity index (χ1n) is 5.07. The number of fused-ring (bicyclic) bond motifs is 1. The van der Waals surface area contributed by atoms with Crippen molar-refractivity contribution in [1.29, 1.82) is 0 Å². The Morgan fingerprint density at radius 1 is 1.62 bits per heavy atom. The van der Waals surface area contributed by atoms with Gasteiger partial charge in [0.05, 0.1) is 7.11 Å². The zero-order valence-corrected chi connectivity index (χ0v) is 10.4. The Balaban J connectivity index is 2.15. The summed E-state index contributed by atoms with van der Waals surface area (Å²) in [5.41, 5.74) is 3.48. The lowest BCUT2D eigenvalue weighted by Crippen LogP contribution is -2.21. The molecule has 0 aliphatic carbocycles. The van der Waals surface area contributed by atoms with E-state index in [9.17, 15) is 4.79 Å². The van der Waals surface area contributed by atoms with Gasteiger partial charge in [-0.05, 0) is 37.4 Å². The van der Waals surface area contributed by atoms with Crippen LogP contribution in [0.15, 0.2) is 11.1 Å². The average Bonchev–Trinajstić information content (AvgIpc) is 2.60. The molecular formula is C11H14N2O2S. The van der Waals surface area contributed by atoms with Crippen LogP contribution < -0.4 is 0 Å². The van der Waals surface area contributed by atoms with Gasteiger partial charge in [-0.2, -0.15) is 0 Å². The lowest BCUT2D eigenvalue weighted by molar-refractivity contribution is -0.140. The van der Waals surface area contributed by atoms with Crippen molar-refractivity contribution in [3.05, 3.63) is 22.9 Å². The molecule has 0 radical (unpaired) electrons. The van der Waals surface area contributed by atoms with E-state index >= 15 is 0 Å². The van der Waals surface area contributed by atoms with Crippen molar-refractivity contribution in [2.45, 2.75) is 25.4 Å². The number of ether oxygens (including phenoxy) is 1. The number of methoxy groups -OCH3 is 1. The fourth-order valence-corrected chi connectivity index (χ4v) is 2.85. The number of rotatable bonds is 2. The van der Waals surface area contributed by atoms with E-state index in [2.05, 4.69) is 22.7 Å². The molecule has 0 saturated heterocycles. The van der Waals surface area contributed by atoms with Crippen LogP contribution in [0.3, 0.4) is 0 Å². The fourth-order valence-electron chi connectivity index (χ4n) is 1.72. The summed E-state index contributed by atoms with van der Waals surface area (Å²) < 4.78 is 6.62. The van der Waals surface area contributed by atoms with E-state index in [-0.39, 0.29) is 5.97 Å². The molecule has 1 aromatic heterocycles. The van der Waals surface area contributed by atoms with Gasteiger partial charge in [-0.3, -0.25) is 4.79 Å². The Hall–Kier alpha value is -1.07. The fraction of sp³-hybridized carbons (Fsp3) is 0.455. The molecule has 0 aromatic carbocycles. The summed E-state index contributed by atoms with van der Waals surface area (Å²) in [4.78, 5) is 15.6. The molecule has 1 aromatic rings. The molecule has 0 saturated carbocycles. The highest BCUT2D eigenvalue weighted by molar-refractivity contribution is 7.97. The number of carbonyl (C=O) groups excluding carboxylic acids is 1. The van der Waals surface area contributed by atoms with Crippen molar-refractivity contribution in [2.24, 2.45) is 0 Å². The van der Waals surface area contributed by atoms with Crippen LogP contribution in [0.4, 0.5) is 0 Å². The second-order valence-electron chi connectivity index (χ2n) is 3.83. The molecule has 0 bridgehead atoms. The molecular weight excluding hydrogens is 224 g/mol. The molecule has 0 atom stereocenters. The average molecular weight is 238 g/mol. The van der Waals surface area contributed by atoms with Crippen LogP contribution in [0, 0.1) is 13.8 Å². The van der Waals surface area contributed by atoms with E-state index in [0.29, 0.717) is 6.54 Å². The smallest absolute Gasteiger partial charge is 0.320 e. The Labute approximate surface area is 99.1 Å². The van der Waals surface area contributed by atoms with Gasteiger partial charge in [0, 0.05) is 17.8 Å². The number of esters is 1. The minimum Gasteiger partial charge on any atom is -0.468 e. The Morgan fingerprint density at radius 2 is 2.38 bits per heavy atom. The molecule has 0 N–H and O–H groups in total. The molecule has 0 amide bonds. The minimum atomic E-state index is -0.213. The van der Waals surface area contributed by atoms with Gasteiger partial charge in [0.15, 0.2) is 0 Å². The first-order valence-corrected chi connectivity index (χ1v) is 5.84. The second kappa shape index (κ2) is 4.43. The lowest BCUT2D eigenvalue weighted by Gasteiger charge is -2.10. The van der Waals surface area contributed by atoms with Gasteiger partial charge in [0.1, 0.15) is 11.6 Å². The Bertz CT molecular complexity index is 434. The maximum Gasteiger partial charge on any atom is 0.320 e. The molecule has 2 heterocycles. The maximum absolute atomic E-state index is 11.2. The SMILES string of the molecule is COC(=O)CN1Cc2c(C)cc(C)nc2S1. The molecule has 0 unspecified atom stereocenters. The van der Waals surface area contributed by atoms with Crippen LogP contribution >= 0.6 is 11.9 Å². The Morgan fingerprint density at radius 3 is 3.06 bits per heavy atom. The topological polar surface area (TPSA) is 42.4 Å². The number of aromatic nitrogens is 1. The van der Waals surface area contributed by atoms with Crippen LogP contribution in [0.5, 0.6) is 0 Å². The van der Waals surface area contributed by atoms with Gasteiger partial charge in [-0.1, -0.05) is 0 Å². The summed E-state index contributed by atoms with van der Waals surface area (Å²) in [5.74, 6) is -0.213. The van der Waals surface area contributed by atoms with E-state index in [0.717, 1.165) is 17.3 Å². The third-order valence-electron chi connectivity index (χ3n) is 2.52. The van der Waals surface area contributed by atoms with Gasteiger partial charge in [0.25, 0.3) is 0 Å². The standard InChI is InChI=1S/C11H14N2O2S/c1-7-4-8(2)12-11-9(7)5-13(16-11)6-10(14)15-3/h4H,5-6H2,1-3H3. The summed E-state index contributed by atoms with van der Waals surface area (Å²) in [5, 5.41) is 1.02. The highest BCUT2D eigenvalue weighted by Gasteiger charge is 2.25.